The topological polar surface area (TPSA) is 58.9 Å². The number of aromatic amines is 1. The zero-order valence-electron chi connectivity index (χ0n) is 8.50. The van der Waals surface area contributed by atoms with E-state index in [4.69, 9.17) is 17.3 Å². The van der Waals surface area contributed by atoms with Gasteiger partial charge in [0.25, 0.3) is 0 Å². The summed E-state index contributed by atoms with van der Waals surface area (Å²) in [7, 11) is 0. The minimum atomic E-state index is -0.104. The molecule has 0 atom stereocenters. The molecular weight excluding hydrogens is 247 g/mol. The van der Waals surface area contributed by atoms with Crippen LogP contribution in [0.25, 0.3) is 10.9 Å². The molecule has 1 aromatic heterocycles. The number of benzene rings is 1. The molecule has 86 valence electrons. The van der Waals surface area contributed by atoms with Gasteiger partial charge in [0.15, 0.2) is 0 Å². The van der Waals surface area contributed by atoms with E-state index in [2.05, 4.69) is 4.98 Å². The molecule has 0 saturated carbocycles. The first kappa shape index (κ1) is 12.9. The van der Waals surface area contributed by atoms with Crippen molar-refractivity contribution in [2.45, 2.75) is 6.42 Å². The molecule has 5 heteroatoms. The molecule has 0 saturated heterocycles. The average Bonchev–Trinajstić information content (AvgIpc) is 2.19. The molecule has 0 radical (unpaired) electrons. The quantitative estimate of drug-likeness (QED) is 0.642. The third-order valence-corrected chi connectivity index (χ3v) is 2.51. The van der Waals surface area contributed by atoms with Crippen LogP contribution >= 0.6 is 24.0 Å². The summed E-state index contributed by atoms with van der Waals surface area (Å²) < 4.78 is 0. The van der Waals surface area contributed by atoms with Crippen molar-refractivity contribution in [1.29, 1.82) is 0 Å². The van der Waals surface area contributed by atoms with Crippen LogP contribution in [-0.2, 0) is 6.42 Å². The van der Waals surface area contributed by atoms with E-state index in [0.717, 1.165) is 16.5 Å². The van der Waals surface area contributed by atoms with Gasteiger partial charge in [-0.3, -0.25) is 4.79 Å². The molecule has 3 nitrogen and oxygen atoms in total. The van der Waals surface area contributed by atoms with Crippen molar-refractivity contribution in [3.05, 3.63) is 40.2 Å². The minimum absolute atomic E-state index is 0. The number of hydrogen-bond acceptors (Lipinski definition) is 2. The van der Waals surface area contributed by atoms with Gasteiger partial charge in [0.05, 0.1) is 0 Å². The van der Waals surface area contributed by atoms with Crippen molar-refractivity contribution < 1.29 is 0 Å². The minimum Gasteiger partial charge on any atom is -0.399 e. The van der Waals surface area contributed by atoms with Crippen LogP contribution in [0.5, 0.6) is 0 Å². The van der Waals surface area contributed by atoms with E-state index in [9.17, 15) is 4.79 Å². The van der Waals surface area contributed by atoms with Gasteiger partial charge in [-0.2, -0.15) is 0 Å². The first-order chi connectivity index (χ1) is 7.20. The normalized spacial score (nSPS) is 10.1. The summed E-state index contributed by atoms with van der Waals surface area (Å²) in [6.45, 7) is 0. The molecule has 3 N–H and O–H groups in total. The molecule has 0 unspecified atom stereocenters. The van der Waals surface area contributed by atoms with E-state index in [1.54, 1.807) is 12.1 Å². The molecule has 0 spiro atoms. The molecule has 1 heterocycles. The van der Waals surface area contributed by atoms with Gasteiger partial charge in [-0.25, -0.2) is 0 Å². The van der Waals surface area contributed by atoms with Gasteiger partial charge in [0, 0.05) is 28.5 Å². The molecule has 0 aliphatic rings. The molecule has 0 bridgehead atoms. The lowest BCUT2D eigenvalue weighted by Gasteiger charge is -2.05. The van der Waals surface area contributed by atoms with E-state index in [1.165, 1.54) is 0 Å². The van der Waals surface area contributed by atoms with Gasteiger partial charge in [0.1, 0.15) is 0 Å². The summed E-state index contributed by atoms with van der Waals surface area (Å²) in [5, 5.41) is 0.968. The SMILES string of the molecule is Cl.Nc1ccc2[nH]c(=O)cc(CCCl)c2c1. The van der Waals surface area contributed by atoms with Gasteiger partial charge in [-0.05, 0) is 30.2 Å². The monoisotopic (exact) mass is 258 g/mol. The maximum atomic E-state index is 11.3. The molecule has 0 aliphatic heterocycles. The zero-order valence-corrected chi connectivity index (χ0v) is 10.1. The number of H-pyrrole nitrogens is 1. The van der Waals surface area contributed by atoms with E-state index in [-0.39, 0.29) is 18.0 Å². The predicted molar refractivity (Wildman–Crippen MR) is 70.7 cm³/mol. The van der Waals surface area contributed by atoms with Crippen molar-refractivity contribution in [3.8, 4) is 0 Å². The molecule has 0 fully saturated rings. The lowest BCUT2D eigenvalue weighted by molar-refractivity contribution is 1.14. The standard InChI is InChI=1S/C11H11ClN2O.ClH/c12-4-3-7-5-11(15)14-10-2-1-8(13)6-9(7)10;/h1-2,5-6H,3-4,13H2,(H,14,15);1H. The molecule has 0 aliphatic carbocycles. The van der Waals surface area contributed by atoms with Crippen LogP contribution in [-0.4, -0.2) is 10.9 Å². The Hall–Kier alpha value is -1.19. The molecule has 1 aromatic carbocycles. The van der Waals surface area contributed by atoms with Gasteiger partial charge < -0.3 is 10.7 Å². The Morgan fingerprint density at radius 1 is 1.31 bits per heavy atom. The Balaban J connectivity index is 0.00000128. The first-order valence-corrected chi connectivity index (χ1v) is 5.21. The molecule has 2 rings (SSSR count). The summed E-state index contributed by atoms with van der Waals surface area (Å²) >= 11 is 5.69. The van der Waals surface area contributed by atoms with Gasteiger partial charge in [-0.15, -0.1) is 24.0 Å². The summed E-state index contributed by atoms with van der Waals surface area (Å²) in [6.07, 6.45) is 0.672. The molecule has 2 aromatic rings. The average molecular weight is 259 g/mol. The number of alkyl halides is 1. The number of fused-ring (bicyclic) bond motifs is 1. The highest BCUT2D eigenvalue weighted by atomic mass is 35.5. The van der Waals surface area contributed by atoms with Crippen molar-refractivity contribution >= 4 is 40.6 Å². The predicted octanol–water partition coefficient (Wildman–Crippen LogP) is 2.31. The van der Waals surface area contributed by atoms with Gasteiger partial charge in [0.2, 0.25) is 5.56 Å². The van der Waals surface area contributed by atoms with Crippen LogP contribution in [0.3, 0.4) is 0 Å². The lowest BCUT2D eigenvalue weighted by atomic mass is 10.1. The fourth-order valence-corrected chi connectivity index (χ4v) is 1.85. The highest BCUT2D eigenvalue weighted by Gasteiger charge is 2.03. The molecule has 16 heavy (non-hydrogen) atoms. The summed E-state index contributed by atoms with van der Waals surface area (Å²) in [5.74, 6) is 0.493. The van der Waals surface area contributed by atoms with E-state index >= 15 is 0 Å². The zero-order chi connectivity index (χ0) is 10.8. The number of nitrogen functional groups attached to an aromatic ring is 1. The van der Waals surface area contributed by atoms with Crippen LogP contribution in [0.4, 0.5) is 5.69 Å². The second-order valence-corrected chi connectivity index (χ2v) is 3.78. The summed E-state index contributed by atoms with van der Waals surface area (Å²) in [6, 6.07) is 7.00. The second-order valence-electron chi connectivity index (χ2n) is 3.40. The van der Waals surface area contributed by atoms with E-state index in [1.807, 2.05) is 12.1 Å². The highest BCUT2D eigenvalue weighted by Crippen LogP contribution is 2.18. The number of aryl methyl sites for hydroxylation is 1. The van der Waals surface area contributed by atoms with Crippen LogP contribution in [0, 0.1) is 0 Å². The Kier molecular flexibility index (Phi) is 4.21. The third kappa shape index (κ3) is 2.49. The van der Waals surface area contributed by atoms with Crippen LogP contribution < -0.4 is 11.3 Å². The summed E-state index contributed by atoms with van der Waals surface area (Å²) in [5.41, 5.74) is 8.03. The number of anilines is 1. The van der Waals surface area contributed by atoms with Crippen molar-refractivity contribution in [2.24, 2.45) is 0 Å². The second kappa shape index (κ2) is 5.23. The molecular formula is C11H12Cl2N2O. The fourth-order valence-electron chi connectivity index (χ4n) is 1.65. The van der Waals surface area contributed by atoms with Crippen molar-refractivity contribution in [3.63, 3.8) is 0 Å². The number of halogens is 2. The Morgan fingerprint density at radius 3 is 2.75 bits per heavy atom. The van der Waals surface area contributed by atoms with Crippen LogP contribution in [0.2, 0.25) is 0 Å². The number of rotatable bonds is 2. The highest BCUT2D eigenvalue weighted by molar-refractivity contribution is 6.18. The maximum Gasteiger partial charge on any atom is 0.248 e. The maximum absolute atomic E-state index is 11.3. The number of aromatic nitrogens is 1. The lowest BCUT2D eigenvalue weighted by Crippen LogP contribution is -2.07. The van der Waals surface area contributed by atoms with Gasteiger partial charge in [-0.1, -0.05) is 0 Å². The first-order valence-electron chi connectivity index (χ1n) is 4.68. The van der Waals surface area contributed by atoms with Crippen molar-refractivity contribution in [1.82, 2.24) is 4.98 Å². The number of hydrogen-bond donors (Lipinski definition) is 2. The summed E-state index contributed by atoms with van der Waals surface area (Å²) in [4.78, 5) is 14.1. The smallest absolute Gasteiger partial charge is 0.248 e. The molecule has 0 amide bonds. The van der Waals surface area contributed by atoms with E-state index in [0.29, 0.717) is 18.0 Å². The number of nitrogens with two attached hydrogens (primary N) is 1. The Labute approximate surface area is 104 Å². The number of pyridine rings is 1. The Morgan fingerprint density at radius 2 is 2.06 bits per heavy atom. The largest absolute Gasteiger partial charge is 0.399 e. The van der Waals surface area contributed by atoms with Crippen molar-refractivity contribution in [2.75, 3.05) is 11.6 Å². The number of nitrogens with one attached hydrogen (secondary N) is 1. The fraction of sp³-hybridized carbons (Fsp3) is 0.182. The third-order valence-electron chi connectivity index (χ3n) is 2.32. The van der Waals surface area contributed by atoms with Gasteiger partial charge >= 0.3 is 0 Å². The Bertz CT molecular complexity index is 551. The van der Waals surface area contributed by atoms with Crippen LogP contribution in [0.15, 0.2) is 29.1 Å². The van der Waals surface area contributed by atoms with E-state index < -0.39 is 0 Å². The van der Waals surface area contributed by atoms with Crippen LogP contribution in [0.1, 0.15) is 5.56 Å².